The van der Waals surface area contributed by atoms with Gasteiger partial charge in [0.05, 0.1) is 0 Å². The predicted molar refractivity (Wildman–Crippen MR) is 55.6 cm³/mol. The Labute approximate surface area is 94.4 Å². The van der Waals surface area contributed by atoms with Gasteiger partial charge < -0.3 is 10.6 Å². The van der Waals surface area contributed by atoms with Crippen LogP contribution in [0.3, 0.4) is 0 Å². The number of rotatable bonds is 5. The van der Waals surface area contributed by atoms with E-state index in [1.165, 1.54) is 6.26 Å². The van der Waals surface area contributed by atoms with E-state index < -0.39 is 29.6 Å². The van der Waals surface area contributed by atoms with Crippen LogP contribution in [0.4, 0.5) is 18.0 Å². The molecule has 0 bridgehead atoms. The van der Waals surface area contributed by atoms with Gasteiger partial charge in [0, 0.05) is 28.9 Å². The second-order valence-electron chi connectivity index (χ2n) is 3.41. The van der Waals surface area contributed by atoms with Gasteiger partial charge in [0.25, 0.3) is 0 Å². The molecule has 0 heterocycles. The molecule has 0 saturated heterocycles. The maximum atomic E-state index is 11.7. The van der Waals surface area contributed by atoms with Gasteiger partial charge >= 0.3 is 12.2 Å². The van der Waals surface area contributed by atoms with E-state index in [-0.39, 0.29) is 6.04 Å². The van der Waals surface area contributed by atoms with Gasteiger partial charge in [0.15, 0.2) is 0 Å². The Hall–Kier alpha value is -0.790. The average Bonchev–Trinajstić information content (AvgIpc) is 2.10. The van der Waals surface area contributed by atoms with Crippen LogP contribution < -0.4 is 10.6 Å². The Morgan fingerprint density at radius 1 is 1.44 bits per heavy atom. The van der Waals surface area contributed by atoms with Crippen LogP contribution >= 0.6 is 0 Å². The zero-order valence-corrected chi connectivity index (χ0v) is 9.87. The van der Waals surface area contributed by atoms with Gasteiger partial charge in [-0.25, -0.2) is 4.79 Å². The molecule has 0 aromatic rings. The summed E-state index contributed by atoms with van der Waals surface area (Å²) in [5, 5.41) is 4.01. The van der Waals surface area contributed by atoms with Crippen molar-refractivity contribution in [2.45, 2.75) is 25.6 Å². The lowest BCUT2D eigenvalue weighted by Gasteiger charge is -2.14. The first-order valence-corrected chi connectivity index (χ1v) is 6.34. The quantitative estimate of drug-likeness (QED) is 0.775. The average molecular weight is 260 g/mol. The number of nitrogens with one attached hydrogen (secondary N) is 2. The molecular weight excluding hydrogens is 245 g/mol. The second kappa shape index (κ2) is 6.72. The maximum Gasteiger partial charge on any atom is 0.405 e. The molecule has 0 rings (SSSR count). The summed E-state index contributed by atoms with van der Waals surface area (Å²) < 4.78 is 45.9. The Balaban J connectivity index is 3.74. The van der Waals surface area contributed by atoms with E-state index in [1.807, 2.05) is 0 Å². The largest absolute Gasteiger partial charge is 0.405 e. The van der Waals surface area contributed by atoms with Crippen LogP contribution in [0.5, 0.6) is 0 Å². The molecule has 2 atom stereocenters. The van der Waals surface area contributed by atoms with Crippen molar-refractivity contribution in [1.29, 1.82) is 0 Å². The first-order chi connectivity index (χ1) is 7.20. The van der Waals surface area contributed by atoms with Crippen molar-refractivity contribution in [3.63, 3.8) is 0 Å². The lowest BCUT2D eigenvalue weighted by Crippen LogP contribution is -2.44. The van der Waals surface area contributed by atoms with Crippen LogP contribution in [0.15, 0.2) is 0 Å². The van der Waals surface area contributed by atoms with Gasteiger partial charge in [-0.05, 0) is 13.3 Å². The van der Waals surface area contributed by atoms with Crippen LogP contribution in [0, 0.1) is 0 Å². The molecule has 4 nitrogen and oxygen atoms in total. The molecule has 0 aliphatic rings. The first kappa shape index (κ1) is 15.2. The number of carbonyl (C=O) groups excluding carboxylic acids is 1. The highest BCUT2D eigenvalue weighted by molar-refractivity contribution is 7.84. The molecule has 16 heavy (non-hydrogen) atoms. The fraction of sp³-hybridized carbons (Fsp3) is 0.875. The topological polar surface area (TPSA) is 58.2 Å². The van der Waals surface area contributed by atoms with Crippen LogP contribution in [0.2, 0.25) is 0 Å². The number of alkyl halides is 3. The number of amides is 2. The summed E-state index contributed by atoms with van der Waals surface area (Å²) in [6, 6.07) is -1.18. The molecule has 0 aliphatic heterocycles. The summed E-state index contributed by atoms with van der Waals surface area (Å²) in [5.74, 6) is 0.403. The zero-order valence-electron chi connectivity index (χ0n) is 9.06. The monoisotopic (exact) mass is 260 g/mol. The lowest BCUT2D eigenvalue weighted by molar-refractivity contribution is -0.122. The van der Waals surface area contributed by atoms with Crippen molar-refractivity contribution in [3.05, 3.63) is 0 Å². The molecule has 0 aliphatic carbocycles. The summed E-state index contributed by atoms with van der Waals surface area (Å²) in [5.41, 5.74) is 0. The first-order valence-electron chi connectivity index (χ1n) is 4.62. The van der Waals surface area contributed by atoms with Crippen molar-refractivity contribution >= 4 is 16.8 Å². The second-order valence-corrected chi connectivity index (χ2v) is 4.96. The maximum absolute atomic E-state index is 11.7. The fourth-order valence-electron chi connectivity index (χ4n) is 0.870. The summed E-state index contributed by atoms with van der Waals surface area (Å²) in [4.78, 5) is 10.9. The molecule has 2 N–H and O–H groups in total. The normalized spacial score (nSPS) is 15.3. The van der Waals surface area contributed by atoms with Gasteiger partial charge in [0.1, 0.15) is 6.54 Å². The molecule has 0 spiro atoms. The van der Waals surface area contributed by atoms with E-state index in [1.54, 1.807) is 12.2 Å². The highest BCUT2D eigenvalue weighted by Crippen LogP contribution is 2.11. The van der Waals surface area contributed by atoms with Gasteiger partial charge in [-0.3, -0.25) is 4.21 Å². The molecule has 0 fully saturated rings. The molecule has 0 aromatic heterocycles. The Morgan fingerprint density at radius 3 is 2.44 bits per heavy atom. The summed E-state index contributed by atoms with van der Waals surface area (Å²) >= 11 is 0. The highest BCUT2D eigenvalue weighted by Gasteiger charge is 2.27. The summed E-state index contributed by atoms with van der Waals surface area (Å²) in [6.45, 7) is 0.283. The summed E-state index contributed by atoms with van der Waals surface area (Å²) in [7, 11) is -0.970. The highest BCUT2D eigenvalue weighted by atomic mass is 32.2. The van der Waals surface area contributed by atoms with Crippen LogP contribution in [-0.2, 0) is 10.8 Å². The van der Waals surface area contributed by atoms with Crippen LogP contribution in [0.1, 0.15) is 13.3 Å². The molecule has 2 unspecified atom stereocenters. The van der Waals surface area contributed by atoms with Crippen LogP contribution in [0.25, 0.3) is 0 Å². The van der Waals surface area contributed by atoms with Gasteiger partial charge in [-0.1, -0.05) is 0 Å². The molecule has 0 saturated carbocycles. The van der Waals surface area contributed by atoms with Crippen molar-refractivity contribution in [2.24, 2.45) is 0 Å². The Kier molecular flexibility index (Phi) is 6.39. The molecular formula is C8H15F3N2O2S. The minimum absolute atomic E-state index is 0.308. The molecule has 96 valence electrons. The van der Waals surface area contributed by atoms with Crippen molar-refractivity contribution < 1.29 is 22.2 Å². The SMILES string of the molecule is CC(CCS(C)=O)NC(=O)NCC(F)(F)F. The zero-order chi connectivity index (χ0) is 12.8. The lowest BCUT2D eigenvalue weighted by atomic mass is 10.3. The standard InChI is InChI=1S/C8H15F3N2O2S/c1-6(3-4-16(2)15)13-7(14)12-5-8(9,10)11/h6H,3-5H2,1-2H3,(H2,12,13,14). The van der Waals surface area contributed by atoms with Crippen molar-refractivity contribution in [1.82, 2.24) is 10.6 Å². The number of hydrogen-bond donors (Lipinski definition) is 2. The van der Waals surface area contributed by atoms with E-state index in [2.05, 4.69) is 5.32 Å². The fourth-order valence-corrected chi connectivity index (χ4v) is 1.56. The molecule has 8 heteroatoms. The number of halogens is 3. The third kappa shape index (κ3) is 9.75. The predicted octanol–water partition coefficient (Wildman–Crippen LogP) is 1.01. The smallest absolute Gasteiger partial charge is 0.336 e. The van der Waals surface area contributed by atoms with Gasteiger partial charge in [-0.15, -0.1) is 0 Å². The molecule has 2 amide bonds. The van der Waals surface area contributed by atoms with Crippen molar-refractivity contribution in [2.75, 3.05) is 18.6 Å². The third-order valence-corrected chi connectivity index (χ3v) is 2.48. The van der Waals surface area contributed by atoms with E-state index in [0.717, 1.165) is 0 Å². The summed E-state index contributed by atoms with van der Waals surface area (Å²) in [6.07, 6.45) is -2.43. The van der Waals surface area contributed by atoms with E-state index in [4.69, 9.17) is 0 Å². The van der Waals surface area contributed by atoms with Gasteiger partial charge in [0.2, 0.25) is 0 Å². The van der Waals surface area contributed by atoms with Crippen LogP contribution in [-0.4, -0.2) is 41.0 Å². The van der Waals surface area contributed by atoms with E-state index in [0.29, 0.717) is 12.2 Å². The number of urea groups is 1. The van der Waals surface area contributed by atoms with Crippen molar-refractivity contribution in [3.8, 4) is 0 Å². The Bertz CT molecular complexity index is 258. The van der Waals surface area contributed by atoms with E-state index >= 15 is 0 Å². The minimum atomic E-state index is -4.41. The minimum Gasteiger partial charge on any atom is -0.336 e. The number of hydrogen-bond acceptors (Lipinski definition) is 2. The number of carbonyl (C=O) groups is 1. The third-order valence-electron chi connectivity index (χ3n) is 1.67. The molecule has 0 radical (unpaired) electrons. The van der Waals surface area contributed by atoms with E-state index in [9.17, 15) is 22.2 Å². The van der Waals surface area contributed by atoms with Gasteiger partial charge in [-0.2, -0.15) is 13.2 Å². The Morgan fingerprint density at radius 2 is 2.00 bits per heavy atom. The molecule has 0 aromatic carbocycles.